The van der Waals surface area contributed by atoms with Gasteiger partial charge < -0.3 is 16.3 Å². The van der Waals surface area contributed by atoms with E-state index in [-0.39, 0.29) is 6.42 Å². The molecule has 13 heavy (non-hydrogen) atoms. The normalized spacial score (nSPS) is 8.62. The fourth-order valence-corrected chi connectivity index (χ4v) is 0.774. The molecular formula is C9H9N3O. The zero-order valence-electron chi connectivity index (χ0n) is 6.95. The van der Waals surface area contributed by atoms with Gasteiger partial charge in [-0.2, -0.15) is 0 Å². The molecule has 0 aliphatic rings. The lowest BCUT2D eigenvalue weighted by molar-refractivity contribution is -0.107. The van der Waals surface area contributed by atoms with E-state index in [2.05, 4.69) is 16.8 Å². The second-order valence-electron chi connectivity index (χ2n) is 2.36. The first-order valence-electron chi connectivity index (χ1n) is 3.67. The van der Waals surface area contributed by atoms with Crippen LogP contribution in [0.1, 0.15) is 12.0 Å². The molecular weight excluding hydrogens is 166 g/mol. The molecule has 0 spiro atoms. The van der Waals surface area contributed by atoms with Crippen LogP contribution in [0.5, 0.6) is 0 Å². The van der Waals surface area contributed by atoms with Crippen molar-refractivity contribution in [3.63, 3.8) is 0 Å². The maximum absolute atomic E-state index is 9.97. The van der Waals surface area contributed by atoms with Crippen molar-refractivity contribution in [2.24, 2.45) is 0 Å². The summed E-state index contributed by atoms with van der Waals surface area (Å²) >= 11 is 0. The molecule has 1 rings (SSSR count). The average molecular weight is 175 g/mol. The van der Waals surface area contributed by atoms with Gasteiger partial charge in [0.2, 0.25) is 0 Å². The molecule has 0 atom stereocenters. The van der Waals surface area contributed by atoms with E-state index in [4.69, 9.17) is 11.5 Å². The van der Waals surface area contributed by atoms with E-state index >= 15 is 0 Å². The Morgan fingerprint density at radius 1 is 1.46 bits per heavy atom. The highest BCUT2D eigenvalue weighted by molar-refractivity contribution is 5.70. The second kappa shape index (κ2) is 4.12. The van der Waals surface area contributed by atoms with Gasteiger partial charge in [0.25, 0.3) is 0 Å². The van der Waals surface area contributed by atoms with Crippen LogP contribution in [-0.2, 0) is 4.79 Å². The van der Waals surface area contributed by atoms with Crippen LogP contribution in [0.25, 0.3) is 0 Å². The molecule has 0 unspecified atom stereocenters. The number of carbonyl (C=O) groups excluding carboxylic acids is 1. The number of aromatic nitrogens is 1. The highest BCUT2D eigenvalue weighted by atomic mass is 16.1. The third-order valence-electron chi connectivity index (χ3n) is 1.43. The number of carbonyl (C=O) groups is 1. The van der Waals surface area contributed by atoms with Gasteiger partial charge >= 0.3 is 0 Å². The highest BCUT2D eigenvalue weighted by Crippen LogP contribution is 2.15. The van der Waals surface area contributed by atoms with Crippen molar-refractivity contribution in [1.29, 1.82) is 0 Å². The van der Waals surface area contributed by atoms with Crippen LogP contribution in [0.2, 0.25) is 0 Å². The number of anilines is 2. The predicted octanol–water partition coefficient (Wildman–Crippen LogP) is 0.186. The summed E-state index contributed by atoms with van der Waals surface area (Å²) in [6, 6.07) is 0. The number of nitrogens with two attached hydrogens (primary N) is 2. The first-order valence-corrected chi connectivity index (χ1v) is 3.67. The minimum absolute atomic E-state index is 0.189. The fraction of sp³-hybridized carbons (Fsp3) is 0.111. The van der Waals surface area contributed by atoms with Crippen molar-refractivity contribution in [2.75, 3.05) is 11.5 Å². The van der Waals surface area contributed by atoms with Crippen LogP contribution >= 0.6 is 0 Å². The molecule has 0 saturated carbocycles. The summed E-state index contributed by atoms with van der Waals surface area (Å²) in [5.41, 5.74) is 12.5. The number of aldehydes is 1. The lowest BCUT2D eigenvalue weighted by Crippen LogP contribution is -1.98. The van der Waals surface area contributed by atoms with Crippen molar-refractivity contribution in [2.45, 2.75) is 6.42 Å². The largest absolute Gasteiger partial charge is 0.396 e. The molecule has 0 radical (unpaired) electrons. The summed E-state index contributed by atoms with van der Waals surface area (Å²) in [4.78, 5) is 13.8. The molecule has 0 aromatic carbocycles. The maximum Gasteiger partial charge on any atom is 0.131 e. The number of nitrogens with zero attached hydrogens (tertiary/aromatic N) is 1. The first kappa shape index (κ1) is 9.07. The van der Waals surface area contributed by atoms with E-state index in [1.165, 1.54) is 12.4 Å². The van der Waals surface area contributed by atoms with Crippen LogP contribution in [0, 0.1) is 11.8 Å². The number of rotatable bonds is 1. The molecule has 0 aliphatic heterocycles. The van der Waals surface area contributed by atoms with E-state index in [1.54, 1.807) is 0 Å². The van der Waals surface area contributed by atoms with Gasteiger partial charge in [-0.05, 0) is 0 Å². The lowest BCUT2D eigenvalue weighted by Gasteiger charge is -1.99. The van der Waals surface area contributed by atoms with Gasteiger partial charge in [-0.1, -0.05) is 11.8 Å². The lowest BCUT2D eigenvalue weighted by atomic mass is 10.2. The van der Waals surface area contributed by atoms with Gasteiger partial charge in [0.1, 0.15) is 6.29 Å². The van der Waals surface area contributed by atoms with Crippen LogP contribution in [0.3, 0.4) is 0 Å². The Hall–Kier alpha value is -2.02. The zero-order valence-corrected chi connectivity index (χ0v) is 6.95. The van der Waals surface area contributed by atoms with E-state index in [0.29, 0.717) is 16.9 Å². The Morgan fingerprint density at radius 3 is 2.92 bits per heavy atom. The molecule has 1 aromatic heterocycles. The van der Waals surface area contributed by atoms with Crippen LogP contribution in [0.15, 0.2) is 12.4 Å². The molecule has 0 amide bonds. The summed E-state index contributed by atoms with van der Waals surface area (Å²) < 4.78 is 0. The number of hydrogen-bond acceptors (Lipinski definition) is 4. The maximum atomic E-state index is 9.97. The molecule has 1 aromatic rings. The Labute approximate surface area is 76.0 Å². The molecule has 0 aliphatic carbocycles. The highest BCUT2D eigenvalue weighted by Gasteiger charge is 1.98. The fourth-order valence-electron chi connectivity index (χ4n) is 0.774. The third kappa shape index (κ3) is 2.20. The quantitative estimate of drug-likeness (QED) is 0.471. The average Bonchev–Trinajstić information content (AvgIpc) is 2.13. The van der Waals surface area contributed by atoms with E-state index < -0.39 is 0 Å². The second-order valence-corrected chi connectivity index (χ2v) is 2.36. The minimum Gasteiger partial charge on any atom is -0.396 e. The number of nitrogen functional groups attached to an aromatic ring is 2. The summed E-state index contributed by atoms with van der Waals surface area (Å²) in [7, 11) is 0. The van der Waals surface area contributed by atoms with E-state index in [9.17, 15) is 4.79 Å². The molecule has 0 fully saturated rings. The topological polar surface area (TPSA) is 82.0 Å². The van der Waals surface area contributed by atoms with Gasteiger partial charge in [0.05, 0.1) is 29.6 Å². The van der Waals surface area contributed by atoms with Crippen molar-refractivity contribution in [3.05, 3.63) is 18.0 Å². The molecule has 4 heteroatoms. The smallest absolute Gasteiger partial charge is 0.131 e. The molecule has 1 heterocycles. The van der Waals surface area contributed by atoms with Crippen molar-refractivity contribution in [3.8, 4) is 11.8 Å². The molecule has 0 saturated heterocycles. The predicted molar refractivity (Wildman–Crippen MR) is 50.6 cm³/mol. The van der Waals surface area contributed by atoms with Crippen LogP contribution in [-0.4, -0.2) is 11.3 Å². The Morgan fingerprint density at radius 2 is 2.23 bits per heavy atom. The minimum atomic E-state index is 0.189. The van der Waals surface area contributed by atoms with Crippen LogP contribution in [0.4, 0.5) is 11.4 Å². The Bertz CT molecular complexity index is 376. The summed E-state index contributed by atoms with van der Waals surface area (Å²) in [5.74, 6) is 5.33. The van der Waals surface area contributed by atoms with Gasteiger partial charge in [-0.15, -0.1) is 0 Å². The SMILES string of the molecule is Nc1cncc(C#CCC=O)c1N. The van der Waals surface area contributed by atoms with Gasteiger partial charge in [0.15, 0.2) is 0 Å². The Balaban J connectivity index is 2.97. The zero-order chi connectivity index (χ0) is 9.68. The number of pyridine rings is 1. The first-order chi connectivity index (χ1) is 6.25. The summed E-state index contributed by atoms with van der Waals surface area (Å²) in [6.07, 6.45) is 3.89. The summed E-state index contributed by atoms with van der Waals surface area (Å²) in [6.45, 7) is 0. The molecule has 4 N–H and O–H groups in total. The standard InChI is InChI=1S/C9H9N3O/c10-8-6-12-5-7(9(8)11)3-1-2-4-13/h4-6H,2,10H2,(H2,11,12). The van der Waals surface area contributed by atoms with E-state index in [0.717, 1.165) is 6.29 Å². The van der Waals surface area contributed by atoms with Gasteiger partial charge in [-0.3, -0.25) is 4.98 Å². The van der Waals surface area contributed by atoms with Crippen LogP contribution < -0.4 is 11.5 Å². The van der Waals surface area contributed by atoms with Gasteiger partial charge in [0, 0.05) is 6.20 Å². The monoisotopic (exact) mass is 175 g/mol. The molecule has 0 bridgehead atoms. The van der Waals surface area contributed by atoms with E-state index in [1.807, 2.05) is 0 Å². The number of hydrogen-bond donors (Lipinski definition) is 2. The summed E-state index contributed by atoms with van der Waals surface area (Å²) in [5, 5.41) is 0. The van der Waals surface area contributed by atoms with Crippen molar-refractivity contribution >= 4 is 17.7 Å². The van der Waals surface area contributed by atoms with Crippen molar-refractivity contribution < 1.29 is 4.79 Å². The van der Waals surface area contributed by atoms with Crippen molar-refractivity contribution in [1.82, 2.24) is 4.98 Å². The van der Waals surface area contributed by atoms with Gasteiger partial charge in [-0.25, -0.2) is 0 Å². The Kier molecular flexibility index (Phi) is 2.87. The molecule has 66 valence electrons. The molecule has 4 nitrogen and oxygen atoms in total. The third-order valence-corrected chi connectivity index (χ3v) is 1.43.